The molecular weight excluding hydrogens is 405 g/mol. The van der Waals surface area contributed by atoms with Crippen molar-refractivity contribution in [2.75, 3.05) is 6.61 Å². The maximum absolute atomic E-state index is 10.7. The molecule has 1 aromatic carbocycles. The molecule has 28 heavy (non-hydrogen) atoms. The number of fused-ring (bicyclic) bond motifs is 2. The molecule has 5 rings (SSSR count). The van der Waals surface area contributed by atoms with Gasteiger partial charge in [-0.15, -0.1) is 0 Å². The van der Waals surface area contributed by atoms with Gasteiger partial charge in [0.1, 0.15) is 41.5 Å². The summed E-state index contributed by atoms with van der Waals surface area (Å²) >= 11 is 12.2. The van der Waals surface area contributed by atoms with Crippen molar-refractivity contribution in [1.82, 2.24) is 14.5 Å². The lowest BCUT2D eigenvalue weighted by molar-refractivity contribution is -0.113. The van der Waals surface area contributed by atoms with Gasteiger partial charge < -0.3 is 24.3 Å². The number of aliphatic hydroxyl groups excluding tert-OH is 2. The predicted octanol–water partition coefficient (Wildman–Crippen LogP) is 2.67. The summed E-state index contributed by atoms with van der Waals surface area (Å²) in [6.45, 7) is 0.487. The Hall–Kier alpha value is -1.74. The Kier molecular flexibility index (Phi) is 4.54. The number of aromatic nitrogens is 3. The van der Waals surface area contributed by atoms with Crippen LogP contribution < -0.4 is 0 Å². The fraction of sp³-hybridized carbons (Fsp3) is 0.368. The molecule has 2 aliphatic rings. The van der Waals surface area contributed by atoms with Gasteiger partial charge in [0.15, 0.2) is 6.23 Å². The molecule has 5 atom stereocenters. The molecule has 9 heteroatoms. The molecule has 0 spiro atoms. The number of ether oxygens (including phenoxy) is 2. The first-order valence-corrected chi connectivity index (χ1v) is 9.69. The molecule has 0 saturated carbocycles. The van der Waals surface area contributed by atoms with E-state index in [2.05, 4.69) is 9.97 Å². The third kappa shape index (κ3) is 2.82. The first-order chi connectivity index (χ1) is 13.5. The molecule has 4 heterocycles. The summed E-state index contributed by atoms with van der Waals surface area (Å²) in [5, 5.41) is 23.0. The standard InChI is InChI=1S/C19H17Cl2N3O4/c20-10-1-2-11-9(7-10)4-6-27-15(11)16-13(25)14(26)19(28-16)24-5-3-12-17(21)22-8-23-18(12)24/h1-3,5,7-8,13-16,19,25-26H,4,6H2/t13-,14+,15+,16-,19+/m0/s1. The highest BCUT2D eigenvalue weighted by Gasteiger charge is 2.49. The van der Waals surface area contributed by atoms with E-state index < -0.39 is 30.6 Å². The Bertz CT molecular complexity index is 1040. The monoisotopic (exact) mass is 421 g/mol. The van der Waals surface area contributed by atoms with E-state index in [0.29, 0.717) is 27.8 Å². The van der Waals surface area contributed by atoms with Crippen molar-refractivity contribution in [2.24, 2.45) is 0 Å². The van der Waals surface area contributed by atoms with E-state index in [1.165, 1.54) is 6.33 Å². The molecule has 146 valence electrons. The number of aliphatic hydroxyl groups is 2. The average molecular weight is 422 g/mol. The van der Waals surface area contributed by atoms with E-state index in [0.717, 1.165) is 17.5 Å². The molecule has 0 radical (unpaired) electrons. The van der Waals surface area contributed by atoms with E-state index in [1.807, 2.05) is 12.1 Å². The molecule has 0 unspecified atom stereocenters. The molecule has 1 fully saturated rings. The Labute approximate surface area is 170 Å². The third-order valence-corrected chi connectivity index (χ3v) is 5.93. The van der Waals surface area contributed by atoms with Crippen molar-refractivity contribution in [2.45, 2.75) is 37.1 Å². The van der Waals surface area contributed by atoms with Gasteiger partial charge >= 0.3 is 0 Å². The van der Waals surface area contributed by atoms with Gasteiger partial charge in [-0.25, -0.2) is 9.97 Å². The van der Waals surface area contributed by atoms with Crippen molar-refractivity contribution in [3.05, 3.63) is 58.1 Å². The summed E-state index contributed by atoms with van der Waals surface area (Å²) in [5.74, 6) is 0. The first kappa shape index (κ1) is 18.3. The van der Waals surface area contributed by atoms with Crippen LogP contribution in [0.25, 0.3) is 11.0 Å². The number of halogens is 2. The average Bonchev–Trinajstić information content (AvgIpc) is 3.24. The minimum Gasteiger partial charge on any atom is -0.387 e. The van der Waals surface area contributed by atoms with Crippen LogP contribution in [0.1, 0.15) is 23.5 Å². The third-order valence-electron chi connectivity index (χ3n) is 5.39. The van der Waals surface area contributed by atoms with Crippen molar-refractivity contribution >= 4 is 34.2 Å². The predicted molar refractivity (Wildman–Crippen MR) is 102 cm³/mol. The molecule has 0 aliphatic carbocycles. The molecule has 0 amide bonds. The van der Waals surface area contributed by atoms with Gasteiger partial charge in [-0.1, -0.05) is 29.3 Å². The zero-order valence-electron chi connectivity index (χ0n) is 14.6. The summed E-state index contributed by atoms with van der Waals surface area (Å²) in [6, 6.07) is 7.33. The van der Waals surface area contributed by atoms with Crippen molar-refractivity contribution in [1.29, 1.82) is 0 Å². The number of nitrogens with zero attached hydrogens (tertiary/aromatic N) is 3. The number of hydrogen-bond donors (Lipinski definition) is 2. The molecule has 3 aromatic rings. The van der Waals surface area contributed by atoms with Crippen molar-refractivity contribution < 1.29 is 19.7 Å². The van der Waals surface area contributed by atoms with E-state index >= 15 is 0 Å². The molecule has 7 nitrogen and oxygen atoms in total. The zero-order valence-corrected chi connectivity index (χ0v) is 16.1. The lowest BCUT2D eigenvalue weighted by Crippen LogP contribution is -2.37. The number of hydrogen-bond acceptors (Lipinski definition) is 6. The van der Waals surface area contributed by atoms with Gasteiger partial charge in [0.25, 0.3) is 0 Å². The van der Waals surface area contributed by atoms with Crippen LogP contribution in [-0.4, -0.2) is 49.7 Å². The second-order valence-electron chi connectivity index (χ2n) is 6.98. The highest BCUT2D eigenvalue weighted by molar-refractivity contribution is 6.33. The highest BCUT2D eigenvalue weighted by Crippen LogP contribution is 2.41. The van der Waals surface area contributed by atoms with Crippen LogP contribution in [0.4, 0.5) is 0 Å². The summed E-state index contributed by atoms with van der Waals surface area (Å²) in [6.07, 6.45) is -0.569. The van der Waals surface area contributed by atoms with Gasteiger partial charge in [-0.3, -0.25) is 0 Å². The fourth-order valence-corrected chi connectivity index (χ4v) is 4.42. The minimum absolute atomic E-state index is 0.315. The van der Waals surface area contributed by atoms with Gasteiger partial charge in [-0.2, -0.15) is 0 Å². The van der Waals surface area contributed by atoms with Crippen LogP contribution in [0, 0.1) is 0 Å². The van der Waals surface area contributed by atoms with Gasteiger partial charge in [0, 0.05) is 11.2 Å². The van der Waals surface area contributed by atoms with E-state index in [9.17, 15) is 10.2 Å². The van der Waals surface area contributed by atoms with Gasteiger partial charge in [0.05, 0.1) is 12.0 Å². The van der Waals surface area contributed by atoms with E-state index in [4.69, 9.17) is 32.7 Å². The van der Waals surface area contributed by atoms with Gasteiger partial charge in [0.2, 0.25) is 0 Å². The maximum atomic E-state index is 10.7. The largest absolute Gasteiger partial charge is 0.387 e. The summed E-state index contributed by atoms with van der Waals surface area (Å²) in [5.41, 5.74) is 2.49. The topological polar surface area (TPSA) is 89.6 Å². The lowest BCUT2D eigenvalue weighted by Gasteiger charge is -2.31. The normalized spacial score (nSPS) is 29.9. The first-order valence-electron chi connectivity index (χ1n) is 8.93. The van der Waals surface area contributed by atoms with E-state index in [1.54, 1.807) is 22.9 Å². The lowest BCUT2D eigenvalue weighted by atomic mass is 9.92. The second-order valence-corrected chi connectivity index (χ2v) is 7.78. The van der Waals surface area contributed by atoms with Crippen LogP contribution in [0.2, 0.25) is 10.2 Å². The molecule has 2 aromatic heterocycles. The molecule has 2 aliphatic heterocycles. The highest BCUT2D eigenvalue weighted by atomic mass is 35.5. The molecule has 2 N–H and O–H groups in total. The quantitative estimate of drug-likeness (QED) is 0.618. The Morgan fingerprint density at radius 3 is 2.82 bits per heavy atom. The molecule has 1 saturated heterocycles. The van der Waals surface area contributed by atoms with Crippen LogP contribution in [0.5, 0.6) is 0 Å². The van der Waals surface area contributed by atoms with Crippen LogP contribution >= 0.6 is 23.2 Å². The smallest absolute Gasteiger partial charge is 0.164 e. The molecule has 0 bridgehead atoms. The van der Waals surface area contributed by atoms with Crippen LogP contribution in [0.15, 0.2) is 36.8 Å². The Morgan fingerprint density at radius 1 is 1.11 bits per heavy atom. The number of rotatable bonds is 2. The van der Waals surface area contributed by atoms with Crippen molar-refractivity contribution in [3.63, 3.8) is 0 Å². The summed E-state index contributed by atoms with van der Waals surface area (Å²) < 4.78 is 13.7. The SMILES string of the molecule is O[C@@H]1[C@H](O)[C@@H]([C@@H]2OCCc3cc(Cl)ccc32)O[C@H]1n1ccc2c(Cl)ncnc21. The van der Waals surface area contributed by atoms with Crippen LogP contribution in [0.3, 0.4) is 0 Å². The Morgan fingerprint density at radius 2 is 1.96 bits per heavy atom. The fourth-order valence-electron chi connectivity index (χ4n) is 4.04. The maximum Gasteiger partial charge on any atom is 0.164 e. The van der Waals surface area contributed by atoms with E-state index in [-0.39, 0.29) is 0 Å². The second kappa shape index (κ2) is 6.95. The summed E-state index contributed by atoms with van der Waals surface area (Å²) in [4.78, 5) is 8.20. The minimum atomic E-state index is -1.16. The molecular formula is C19H17Cl2N3O4. The Balaban J connectivity index is 1.50. The van der Waals surface area contributed by atoms with Crippen molar-refractivity contribution in [3.8, 4) is 0 Å². The van der Waals surface area contributed by atoms with Gasteiger partial charge in [-0.05, 0) is 35.7 Å². The summed E-state index contributed by atoms with van der Waals surface area (Å²) in [7, 11) is 0. The van der Waals surface area contributed by atoms with Crippen LogP contribution in [-0.2, 0) is 15.9 Å². The number of benzene rings is 1. The zero-order chi connectivity index (χ0) is 19.4.